The first-order valence-electron chi connectivity index (χ1n) is 8.71. The minimum absolute atomic E-state index is 0.00818. The molecule has 0 fully saturated rings. The van der Waals surface area contributed by atoms with E-state index in [0.29, 0.717) is 0 Å². The Morgan fingerprint density at radius 1 is 1.19 bits per heavy atom. The van der Waals surface area contributed by atoms with Crippen molar-refractivity contribution in [3.63, 3.8) is 0 Å². The predicted molar refractivity (Wildman–Crippen MR) is 105 cm³/mol. The Kier molecular flexibility index (Phi) is 6.20. The van der Waals surface area contributed by atoms with Gasteiger partial charge in [-0.05, 0) is 24.3 Å². The van der Waals surface area contributed by atoms with Crippen molar-refractivity contribution < 1.29 is 37.4 Å². The van der Waals surface area contributed by atoms with E-state index in [1.807, 2.05) is 0 Å². The smallest absolute Gasteiger partial charge is 0.435 e. The molecule has 0 aromatic heterocycles. The largest absolute Gasteiger partial charge is 0.478 e. The normalized spacial score (nSPS) is 18.3. The van der Waals surface area contributed by atoms with Gasteiger partial charge in [0.15, 0.2) is 0 Å². The second-order valence-electron chi connectivity index (χ2n) is 6.75. The van der Waals surface area contributed by atoms with Crippen molar-refractivity contribution in [3.8, 4) is 0 Å². The van der Waals surface area contributed by atoms with Crippen molar-refractivity contribution in [1.82, 2.24) is 0 Å². The summed E-state index contributed by atoms with van der Waals surface area (Å²) in [6, 6.07) is 7.34. The fraction of sp³-hybridized carbons (Fsp3) is 0.250. The molecular formula is C20H14Cl2F3NO5. The summed E-state index contributed by atoms with van der Waals surface area (Å²) in [5.41, 5.74) is -3.23. The Labute approximate surface area is 184 Å². The lowest BCUT2D eigenvalue weighted by Crippen LogP contribution is -2.42. The van der Waals surface area contributed by atoms with Crippen LogP contribution in [-0.2, 0) is 26.6 Å². The van der Waals surface area contributed by atoms with E-state index >= 15 is 0 Å². The number of nitrogens with zero attached hydrogens (tertiary/aromatic N) is 1. The van der Waals surface area contributed by atoms with Crippen molar-refractivity contribution >= 4 is 40.9 Å². The molecule has 1 N–H and O–H groups in total. The fourth-order valence-electron chi connectivity index (χ4n) is 3.11. The molecule has 0 aliphatic carbocycles. The number of carbonyl (C=O) groups excluding carboxylic acids is 1. The van der Waals surface area contributed by atoms with Crippen molar-refractivity contribution in [2.75, 3.05) is 0 Å². The van der Waals surface area contributed by atoms with E-state index in [1.165, 1.54) is 18.2 Å². The number of benzene rings is 2. The van der Waals surface area contributed by atoms with Crippen LogP contribution in [-0.4, -0.2) is 28.9 Å². The first kappa shape index (κ1) is 22.9. The van der Waals surface area contributed by atoms with Crippen LogP contribution >= 0.6 is 23.2 Å². The number of aromatic carboxylic acids is 1. The van der Waals surface area contributed by atoms with E-state index in [1.54, 1.807) is 0 Å². The molecule has 3 rings (SSSR count). The van der Waals surface area contributed by atoms with E-state index in [4.69, 9.17) is 32.8 Å². The predicted octanol–water partition coefficient (Wildman–Crippen LogP) is 5.34. The molecule has 0 radical (unpaired) electrons. The lowest BCUT2D eigenvalue weighted by Gasteiger charge is -2.29. The van der Waals surface area contributed by atoms with Crippen LogP contribution in [0.1, 0.15) is 40.4 Å². The first-order valence-corrected chi connectivity index (χ1v) is 9.47. The van der Waals surface area contributed by atoms with Gasteiger partial charge < -0.3 is 14.7 Å². The van der Waals surface area contributed by atoms with Gasteiger partial charge in [0.1, 0.15) is 6.61 Å². The van der Waals surface area contributed by atoms with Crippen molar-refractivity contribution in [2.24, 2.45) is 5.16 Å². The number of carboxylic acid groups (broad SMARTS) is 1. The number of carbonyl (C=O) groups is 2. The van der Waals surface area contributed by atoms with Crippen LogP contribution in [0.4, 0.5) is 13.2 Å². The Bertz CT molecular complexity index is 1070. The Hall–Kier alpha value is -2.78. The Morgan fingerprint density at radius 3 is 2.39 bits per heavy atom. The van der Waals surface area contributed by atoms with Gasteiger partial charge in [-0.3, -0.25) is 4.79 Å². The highest BCUT2D eigenvalue weighted by Gasteiger charge is 2.62. The summed E-state index contributed by atoms with van der Waals surface area (Å²) >= 11 is 11.7. The molecule has 0 saturated heterocycles. The van der Waals surface area contributed by atoms with Crippen LogP contribution in [0, 0.1) is 0 Å². The number of halogens is 5. The number of ether oxygens (including phenoxy) is 1. The number of oxime groups is 1. The molecule has 31 heavy (non-hydrogen) atoms. The van der Waals surface area contributed by atoms with E-state index < -0.39 is 30.1 Å². The standard InChI is InChI=1S/C20H14Cl2F3NO5/c1-10(27)30-9-12-3-2-11(4-16(12)18(28)29)17-8-19(31-26-17,20(23,24)25)13-5-14(21)7-15(22)6-13/h2-7H,8-9H2,1H3,(H,28,29). The summed E-state index contributed by atoms with van der Waals surface area (Å²) in [6.45, 7) is 0.867. The monoisotopic (exact) mass is 475 g/mol. The maximum Gasteiger partial charge on any atom is 0.435 e. The average molecular weight is 476 g/mol. The van der Waals surface area contributed by atoms with Gasteiger partial charge in [0.05, 0.1) is 11.3 Å². The molecule has 2 aromatic carbocycles. The van der Waals surface area contributed by atoms with Gasteiger partial charge in [-0.1, -0.05) is 40.5 Å². The zero-order chi connectivity index (χ0) is 23.0. The zero-order valence-electron chi connectivity index (χ0n) is 15.8. The summed E-state index contributed by atoms with van der Waals surface area (Å²) in [4.78, 5) is 27.5. The number of hydrogen-bond donors (Lipinski definition) is 1. The molecule has 0 bridgehead atoms. The van der Waals surface area contributed by atoms with Crippen LogP contribution in [0.25, 0.3) is 0 Å². The summed E-state index contributed by atoms with van der Waals surface area (Å²) in [7, 11) is 0. The molecule has 1 aliphatic rings. The summed E-state index contributed by atoms with van der Waals surface area (Å²) in [5, 5.41) is 13.0. The van der Waals surface area contributed by atoms with Crippen molar-refractivity contribution in [1.29, 1.82) is 0 Å². The molecule has 6 nitrogen and oxygen atoms in total. The van der Waals surface area contributed by atoms with Gasteiger partial charge in [0.2, 0.25) is 0 Å². The van der Waals surface area contributed by atoms with Gasteiger partial charge in [-0.2, -0.15) is 13.2 Å². The fourth-order valence-corrected chi connectivity index (χ4v) is 3.63. The molecule has 11 heteroatoms. The Morgan fingerprint density at radius 2 is 1.84 bits per heavy atom. The van der Waals surface area contributed by atoms with Gasteiger partial charge in [-0.25, -0.2) is 4.79 Å². The van der Waals surface area contributed by atoms with E-state index in [9.17, 15) is 27.9 Å². The number of hydrogen-bond acceptors (Lipinski definition) is 5. The third-order valence-corrected chi connectivity index (χ3v) is 5.06. The third-order valence-electron chi connectivity index (χ3n) is 4.62. The molecule has 0 saturated carbocycles. The van der Waals surface area contributed by atoms with E-state index in [0.717, 1.165) is 25.1 Å². The Balaban J connectivity index is 1.99. The average Bonchev–Trinajstić information content (AvgIpc) is 3.12. The minimum Gasteiger partial charge on any atom is -0.478 e. The van der Waals surface area contributed by atoms with Crippen molar-refractivity contribution in [2.45, 2.75) is 31.7 Å². The first-order chi connectivity index (χ1) is 14.4. The molecular weight excluding hydrogens is 462 g/mol. The lowest BCUT2D eigenvalue weighted by atomic mass is 9.86. The van der Waals surface area contributed by atoms with E-state index in [2.05, 4.69) is 5.16 Å². The highest BCUT2D eigenvalue weighted by atomic mass is 35.5. The van der Waals surface area contributed by atoms with Gasteiger partial charge in [-0.15, -0.1) is 0 Å². The quantitative estimate of drug-likeness (QED) is 0.590. The van der Waals surface area contributed by atoms with E-state index in [-0.39, 0.29) is 44.6 Å². The molecule has 0 amide bonds. The van der Waals surface area contributed by atoms with Crippen LogP contribution in [0.5, 0.6) is 0 Å². The molecule has 0 spiro atoms. The van der Waals surface area contributed by atoms with Crippen LogP contribution in [0.2, 0.25) is 10.0 Å². The van der Waals surface area contributed by atoms with Crippen LogP contribution < -0.4 is 0 Å². The number of rotatable bonds is 5. The molecule has 2 aromatic rings. The van der Waals surface area contributed by atoms with Gasteiger partial charge >= 0.3 is 18.1 Å². The summed E-state index contributed by atoms with van der Waals surface area (Å²) in [6.07, 6.45) is -5.60. The highest BCUT2D eigenvalue weighted by molar-refractivity contribution is 6.34. The second kappa shape index (κ2) is 8.39. The molecule has 1 heterocycles. The maximum absolute atomic E-state index is 14.1. The third kappa shape index (κ3) is 4.62. The number of esters is 1. The van der Waals surface area contributed by atoms with Crippen molar-refractivity contribution in [3.05, 3.63) is 68.7 Å². The molecule has 164 valence electrons. The SMILES string of the molecule is CC(=O)OCc1ccc(C2=NOC(c3cc(Cl)cc(Cl)c3)(C(F)(F)F)C2)cc1C(=O)O. The molecule has 1 atom stereocenters. The lowest BCUT2D eigenvalue weighted by molar-refractivity contribution is -0.275. The number of carboxylic acids is 1. The number of alkyl halides is 3. The maximum atomic E-state index is 14.1. The van der Waals surface area contributed by atoms with Gasteiger partial charge in [0, 0.05) is 40.1 Å². The molecule has 1 aliphatic heterocycles. The highest BCUT2D eigenvalue weighted by Crippen LogP contribution is 2.49. The van der Waals surface area contributed by atoms with Crippen LogP contribution in [0.3, 0.4) is 0 Å². The summed E-state index contributed by atoms with van der Waals surface area (Å²) in [5.74, 6) is -1.95. The summed E-state index contributed by atoms with van der Waals surface area (Å²) < 4.78 is 47.0. The second-order valence-corrected chi connectivity index (χ2v) is 7.62. The topological polar surface area (TPSA) is 85.2 Å². The molecule has 1 unspecified atom stereocenters. The zero-order valence-corrected chi connectivity index (χ0v) is 17.3. The van der Waals surface area contributed by atoms with Gasteiger partial charge in [0.25, 0.3) is 5.60 Å². The van der Waals surface area contributed by atoms with Crippen LogP contribution in [0.15, 0.2) is 41.6 Å². The minimum atomic E-state index is -4.88.